The van der Waals surface area contributed by atoms with E-state index in [0.717, 1.165) is 11.1 Å². The summed E-state index contributed by atoms with van der Waals surface area (Å²) in [5.74, 6) is -1.00. The summed E-state index contributed by atoms with van der Waals surface area (Å²) in [5.41, 5.74) is 1.82. The van der Waals surface area contributed by atoms with Gasteiger partial charge in [-0.1, -0.05) is 60.7 Å². The summed E-state index contributed by atoms with van der Waals surface area (Å²) in [4.78, 5) is 27.7. The Morgan fingerprint density at radius 1 is 1.00 bits per heavy atom. The topological polar surface area (TPSA) is 84.2 Å². The number of aromatic nitrogens is 1. The van der Waals surface area contributed by atoms with E-state index in [-0.39, 0.29) is 25.0 Å². The van der Waals surface area contributed by atoms with Crippen molar-refractivity contribution in [3.05, 3.63) is 99.5 Å². The third-order valence-electron chi connectivity index (χ3n) is 5.85. The molecule has 1 aliphatic rings. The quantitative estimate of drug-likeness (QED) is 0.525. The Balaban J connectivity index is 1.97. The lowest BCUT2D eigenvalue weighted by atomic mass is 9.98. The van der Waals surface area contributed by atoms with Gasteiger partial charge in [0, 0.05) is 26.3 Å². The van der Waals surface area contributed by atoms with Gasteiger partial charge in [0.25, 0.3) is 5.91 Å². The molecule has 2 aromatic carbocycles. The summed E-state index contributed by atoms with van der Waals surface area (Å²) in [7, 11) is 1.57. The van der Waals surface area contributed by atoms with E-state index in [2.05, 4.69) is 0 Å². The third kappa shape index (κ3) is 4.55. The summed E-state index contributed by atoms with van der Waals surface area (Å²) in [5, 5.41) is 12.8. The molecule has 0 aliphatic carbocycles. The average Bonchev–Trinajstić information content (AvgIpc) is 2.86. The van der Waals surface area contributed by atoms with E-state index < -0.39 is 17.1 Å². The number of hydrogen-bond acceptors (Lipinski definition) is 6. The summed E-state index contributed by atoms with van der Waals surface area (Å²) >= 11 is 0. The Morgan fingerprint density at radius 3 is 2.18 bits per heavy atom. The summed E-state index contributed by atoms with van der Waals surface area (Å²) < 4.78 is 12.5. The molecule has 1 amide bonds. The van der Waals surface area contributed by atoms with Gasteiger partial charge in [-0.2, -0.15) is 0 Å². The second-order valence-corrected chi connectivity index (χ2v) is 8.01. The number of carbonyl (C=O) groups is 1. The molecular weight excluding hydrogens is 434 g/mol. The largest absolute Gasteiger partial charge is 0.502 e. The molecule has 0 atom stereocenters. The van der Waals surface area contributed by atoms with Crippen LogP contribution in [0, 0.1) is 0 Å². The van der Waals surface area contributed by atoms with Gasteiger partial charge in [-0.15, -0.1) is 0 Å². The van der Waals surface area contributed by atoms with Crippen LogP contribution < -0.4 is 10.4 Å². The van der Waals surface area contributed by atoms with Crippen molar-refractivity contribution in [2.24, 2.45) is 0 Å². The van der Waals surface area contributed by atoms with Crippen LogP contribution in [0.1, 0.15) is 40.3 Å². The van der Waals surface area contributed by atoms with Gasteiger partial charge in [0.2, 0.25) is 5.43 Å². The third-order valence-corrected chi connectivity index (χ3v) is 5.85. The molecule has 0 unspecified atom stereocenters. The Labute approximate surface area is 198 Å². The van der Waals surface area contributed by atoms with Crippen molar-refractivity contribution in [2.75, 3.05) is 38.5 Å². The van der Waals surface area contributed by atoms with Crippen LogP contribution in [0.25, 0.3) is 0 Å². The number of aromatic hydroxyl groups is 1. The first kappa shape index (κ1) is 23.5. The van der Waals surface area contributed by atoms with Crippen LogP contribution in [-0.2, 0) is 16.1 Å². The fourth-order valence-corrected chi connectivity index (χ4v) is 4.27. The predicted molar refractivity (Wildman–Crippen MR) is 128 cm³/mol. The number of ether oxygens (including phenoxy) is 2. The van der Waals surface area contributed by atoms with Crippen LogP contribution in [0.15, 0.2) is 71.5 Å². The Morgan fingerprint density at radius 2 is 1.62 bits per heavy atom. The minimum atomic E-state index is -0.612. The predicted octanol–water partition coefficient (Wildman–Crippen LogP) is 2.88. The molecule has 0 spiro atoms. The molecule has 0 saturated carbocycles. The fourth-order valence-electron chi connectivity index (χ4n) is 4.27. The molecule has 8 nitrogen and oxygen atoms in total. The first-order chi connectivity index (χ1) is 16.6. The minimum Gasteiger partial charge on any atom is -0.502 e. The molecule has 0 fully saturated rings. The molecule has 4 rings (SSSR count). The zero-order chi connectivity index (χ0) is 24.1. The Hall–Kier alpha value is -3.62. The number of hydrogen-bond donors (Lipinski definition) is 1. The molecule has 1 aromatic heterocycles. The van der Waals surface area contributed by atoms with Crippen molar-refractivity contribution in [3.8, 4) is 5.75 Å². The Bertz CT molecular complexity index is 1140. The van der Waals surface area contributed by atoms with E-state index in [4.69, 9.17) is 9.47 Å². The molecule has 2 heterocycles. The molecule has 1 N–H and O–H groups in total. The van der Waals surface area contributed by atoms with E-state index in [1.54, 1.807) is 16.7 Å². The SMILES string of the molecule is CCOCc1cc(=O)c(O)c2n1N(C(c1ccccc1)c1ccccc1)CN(CCOC)C2=O. The second kappa shape index (κ2) is 10.5. The average molecular weight is 464 g/mol. The summed E-state index contributed by atoms with van der Waals surface area (Å²) in [6.45, 7) is 3.29. The van der Waals surface area contributed by atoms with Crippen molar-refractivity contribution >= 4 is 5.91 Å². The molecule has 34 heavy (non-hydrogen) atoms. The van der Waals surface area contributed by atoms with Gasteiger partial charge in [-0.25, -0.2) is 4.68 Å². The highest BCUT2D eigenvalue weighted by atomic mass is 16.5. The molecule has 1 aliphatic heterocycles. The molecule has 8 heteroatoms. The highest BCUT2D eigenvalue weighted by Gasteiger charge is 2.37. The van der Waals surface area contributed by atoms with Crippen LogP contribution in [0.3, 0.4) is 0 Å². The number of nitrogens with zero attached hydrogens (tertiary/aromatic N) is 3. The number of pyridine rings is 1. The lowest BCUT2D eigenvalue weighted by molar-refractivity contribution is 0.0601. The Kier molecular flexibility index (Phi) is 7.30. The number of fused-ring (bicyclic) bond motifs is 1. The van der Waals surface area contributed by atoms with Crippen LogP contribution in [0.4, 0.5) is 0 Å². The molecule has 178 valence electrons. The molecular formula is C26H29N3O5. The molecule has 0 bridgehead atoms. The van der Waals surface area contributed by atoms with E-state index in [1.807, 2.05) is 72.6 Å². The number of benzene rings is 2. The van der Waals surface area contributed by atoms with Crippen molar-refractivity contribution in [3.63, 3.8) is 0 Å². The smallest absolute Gasteiger partial charge is 0.277 e. The number of methoxy groups -OCH3 is 1. The highest BCUT2D eigenvalue weighted by molar-refractivity contribution is 5.96. The van der Waals surface area contributed by atoms with Crippen molar-refractivity contribution < 1.29 is 19.4 Å². The van der Waals surface area contributed by atoms with E-state index in [9.17, 15) is 14.7 Å². The van der Waals surface area contributed by atoms with Gasteiger partial charge in [-0.3, -0.25) is 14.6 Å². The maximum Gasteiger partial charge on any atom is 0.277 e. The number of amides is 1. The van der Waals surface area contributed by atoms with Crippen molar-refractivity contribution in [2.45, 2.75) is 19.6 Å². The number of rotatable bonds is 9. The fraction of sp³-hybridized carbons (Fsp3) is 0.308. The first-order valence-electron chi connectivity index (χ1n) is 11.3. The summed E-state index contributed by atoms with van der Waals surface area (Å²) in [6, 6.07) is 20.9. The van der Waals surface area contributed by atoms with E-state index >= 15 is 0 Å². The normalized spacial score (nSPS) is 13.4. The van der Waals surface area contributed by atoms with Gasteiger partial charge >= 0.3 is 0 Å². The lowest BCUT2D eigenvalue weighted by Gasteiger charge is -2.45. The van der Waals surface area contributed by atoms with Gasteiger partial charge in [0.15, 0.2) is 11.4 Å². The monoisotopic (exact) mass is 463 g/mol. The van der Waals surface area contributed by atoms with Crippen LogP contribution in [0.2, 0.25) is 0 Å². The van der Waals surface area contributed by atoms with Crippen LogP contribution in [-0.4, -0.2) is 54.1 Å². The van der Waals surface area contributed by atoms with Gasteiger partial charge < -0.3 is 19.5 Å². The molecule has 0 saturated heterocycles. The summed E-state index contributed by atoms with van der Waals surface area (Å²) in [6.07, 6.45) is 0. The molecule has 3 aromatic rings. The van der Waals surface area contributed by atoms with E-state index in [1.165, 1.54) is 6.07 Å². The highest BCUT2D eigenvalue weighted by Crippen LogP contribution is 2.33. The van der Waals surface area contributed by atoms with Gasteiger partial charge in [-0.05, 0) is 18.1 Å². The maximum absolute atomic E-state index is 13.4. The van der Waals surface area contributed by atoms with E-state index in [0.29, 0.717) is 25.5 Å². The zero-order valence-corrected chi connectivity index (χ0v) is 19.4. The van der Waals surface area contributed by atoms with Crippen LogP contribution >= 0.6 is 0 Å². The molecule has 0 radical (unpaired) electrons. The van der Waals surface area contributed by atoms with Crippen LogP contribution in [0.5, 0.6) is 5.75 Å². The second-order valence-electron chi connectivity index (χ2n) is 8.01. The standard InChI is InChI=1S/C26H29N3O5/c1-3-34-17-21-16-22(30)25(31)24-26(32)27(14-15-33-2)18-28(29(21)24)23(19-10-6-4-7-11-19)20-12-8-5-9-13-20/h4-13,16,23,31H,3,14-15,17-18H2,1-2H3. The minimum absolute atomic E-state index is 0.0681. The van der Waals surface area contributed by atoms with Gasteiger partial charge in [0.1, 0.15) is 6.67 Å². The lowest BCUT2D eigenvalue weighted by Crippen LogP contribution is -2.57. The number of carbonyl (C=O) groups excluding carboxylic acids is 1. The first-order valence-corrected chi connectivity index (χ1v) is 11.3. The van der Waals surface area contributed by atoms with Crippen molar-refractivity contribution in [1.29, 1.82) is 0 Å². The van der Waals surface area contributed by atoms with Gasteiger partial charge in [0.05, 0.1) is 24.9 Å². The maximum atomic E-state index is 13.4. The zero-order valence-electron chi connectivity index (χ0n) is 19.4. The van der Waals surface area contributed by atoms with Crippen molar-refractivity contribution in [1.82, 2.24) is 9.58 Å².